The van der Waals surface area contributed by atoms with Crippen molar-refractivity contribution in [3.8, 4) is 0 Å². The van der Waals surface area contributed by atoms with Crippen LogP contribution in [0.1, 0.15) is 48.4 Å². The summed E-state index contributed by atoms with van der Waals surface area (Å²) in [4.78, 5) is 24.2. The maximum Gasteiger partial charge on any atom is 0.222 e. The Labute approximate surface area is 192 Å². The van der Waals surface area contributed by atoms with Crippen LogP contribution >= 0.6 is 24.0 Å². The number of aliphatic hydroxyl groups is 1. The monoisotopic (exact) mass is 518 g/mol. The van der Waals surface area contributed by atoms with Crippen molar-refractivity contribution in [1.82, 2.24) is 10.2 Å². The predicted molar refractivity (Wildman–Crippen MR) is 129 cm³/mol. The Morgan fingerprint density at radius 1 is 1.14 bits per heavy atom. The molecular formula is C19H44BIN2O5. The summed E-state index contributed by atoms with van der Waals surface area (Å²) in [6, 6.07) is 0. The van der Waals surface area contributed by atoms with Gasteiger partial charge in [-0.05, 0) is 20.9 Å². The van der Waals surface area contributed by atoms with E-state index in [1.807, 2.05) is 14.0 Å². The molecule has 0 aliphatic carbocycles. The molecule has 0 aromatic heterocycles. The second kappa shape index (κ2) is 31.5. The van der Waals surface area contributed by atoms with Gasteiger partial charge in [0.15, 0.2) is 0 Å². The standard InChI is InChI=1S/C10H19BN2O2.C6H14O3.C3H8.HI.H2/c1-9(14)8-13(7-6-12-2)10(15)4-3-5-11;1-2-8-5-6-9-4-3-7;1-3-2;;/h12H,3-8H2,1-2H3;7H,2-6H2,1H3;3H2,1-2H3;2*1H. The molecule has 2 radical (unpaired) electrons. The van der Waals surface area contributed by atoms with Crippen molar-refractivity contribution in [2.45, 2.75) is 53.3 Å². The topological polar surface area (TPSA) is 88.1 Å². The Morgan fingerprint density at radius 2 is 1.71 bits per heavy atom. The van der Waals surface area contributed by atoms with E-state index in [4.69, 9.17) is 22.4 Å². The summed E-state index contributed by atoms with van der Waals surface area (Å²) in [6.07, 6.45) is 2.85. The van der Waals surface area contributed by atoms with Crippen LogP contribution in [0.4, 0.5) is 0 Å². The number of nitrogens with one attached hydrogen (secondary N) is 1. The third-order valence-corrected chi connectivity index (χ3v) is 2.80. The molecule has 0 rings (SSSR count). The smallest absolute Gasteiger partial charge is 0.222 e. The van der Waals surface area contributed by atoms with Crippen molar-refractivity contribution in [2.24, 2.45) is 0 Å². The number of halogens is 1. The Hall–Kier alpha value is -0.225. The van der Waals surface area contributed by atoms with Crippen molar-refractivity contribution >= 4 is 43.5 Å². The summed E-state index contributed by atoms with van der Waals surface area (Å²) in [6.45, 7) is 11.6. The highest BCUT2D eigenvalue weighted by atomic mass is 127. The molecule has 0 aliphatic rings. The zero-order valence-electron chi connectivity index (χ0n) is 18.5. The molecule has 0 bridgehead atoms. The van der Waals surface area contributed by atoms with Gasteiger partial charge < -0.3 is 24.8 Å². The minimum absolute atomic E-state index is 0. The van der Waals surface area contributed by atoms with E-state index in [2.05, 4.69) is 19.2 Å². The summed E-state index contributed by atoms with van der Waals surface area (Å²) in [7, 11) is 7.14. The number of Topliss-reactive ketones (excluding diaryl/α,β-unsaturated/α-hetero) is 1. The van der Waals surface area contributed by atoms with Crippen molar-refractivity contribution < 1.29 is 25.6 Å². The zero-order valence-corrected chi connectivity index (χ0v) is 20.8. The molecule has 0 atom stereocenters. The first-order chi connectivity index (χ1) is 12.9. The van der Waals surface area contributed by atoms with Crippen LogP contribution in [-0.2, 0) is 19.1 Å². The number of likely N-dealkylation sites (N-methyl/N-ethyl adjacent to an activating group) is 1. The Kier molecular flexibility index (Phi) is 39.6. The fourth-order valence-electron chi connectivity index (χ4n) is 1.65. The van der Waals surface area contributed by atoms with E-state index in [0.717, 1.165) is 6.61 Å². The van der Waals surface area contributed by atoms with Crippen LogP contribution in [0.5, 0.6) is 0 Å². The van der Waals surface area contributed by atoms with Crippen molar-refractivity contribution in [2.75, 3.05) is 59.7 Å². The van der Waals surface area contributed by atoms with E-state index in [9.17, 15) is 9.59 Å². The number of carbonyl (C=O) groups excluding carboxylic acids is 2. The first-order valence-electron chi connectivity index (χ1n) is 9.83. The number of nitrogens with zero attached hydrogens (tertiary/aromatic N) is 1. The van der Waals surface area contributed by atoms with E-state index in [1.54, 1.807) is 4.90 Å². The minimum atomic E-state index is 0. The lowest BCUT2D eigenvalue weighted by Gasteiger charge is -2.21. The maximum atomic E-state index is 11.6. The van der Waals surface area contributed by atoms with Gasteiger partial charge in [0, 0.05) is 27.5 Å². The second-order valence-corrected chi connectivity index (χ2v) is 5.75. The third kappa shape index (κ3) is 33.4. The zero-order chi connectivity index (χ0) is 21.3. The molecule has 1 amide bonds. The van der Waals surface area contributed by atoms with Gasteiger partial charge in [0.2, 0.25) is 5.91 Å². The maximum absolute atomic E-state index is 11.6. The number of hydrogen-bond acceptors (Lipinski definition) is 6. The van der Waals surface area contributed by atoms with Gasteiger partial charge in [0.05, 0.1) is 40.8 Å². The van der Waals surface area contributed by atoms with Crippen molar-refractivity contribution in [1.29, 1.82) is 0 Å². The molecule has 2 N–H and O–H groups in total. The molecule has 0 spiro atoms. The summed E-state index contributed by atoms with van der Waals surface area (Å²) >= 11 is 0. The highest BCUT2D eigenvalue weighted by molar-refractivity contribution is 14.0. The minimum Gasteiger partial charge on any atom is -0.394 e. The van der Waals surface area contributed by atoms with E-state index < -0.39 is 0 Å². The molecule has 9 heteroatoms. The van der Waals surface area contributed by atoms with Gasteiger partial charge in [-0.15, -0.1) is 24.0 Å². The lowest BCUT2D eigenvalue weighted by atomic mass is 10.00. The molecule has 170 valence electrons. The number of rotatable bonds is 14. The van der Waals surface area contributed by atoms with Gasteiger partial charge in [0.1, 0.15) is 5.78 Å². The SMILES string of the molecule is CCC.CCOCCOCCO.I.[B]CCCC(=O)N(CCNC)CC(C)=O.[HH]. The molecule has 0 unspecified atom stereocenters. The molecule has 0 aliphatic heterocycles. The van der Waals surface area contributed by atoms with E-state index >= 15 is 0 Å². The molecule has 0 aromatic rings. The largest absolute Gasteiger partial charge is 0.394 e. The number of amides is 1. The summed E-state index contributed by atoms with van der Waals surface area (Å²) in [5.41, 5.74) is 0. The Bertz CT molecular complexity index is 327. The van der Waals surface area contributed by atoms with E-state index in [-0.39, 0.29) is 50.2 Å². The fraction of sp³-hybridized carbons (Fsp3) is 0.895. The van der Waals surface area contributed by atoms with Gasteiger partial charge in [-0.25, -0.2) is 0 Å². The average molecular weight is 518 g/mol. The first-order valence-corrected chi connectivity index (χ1v) is 9.83. The number of hydrogen-bond donors (Lipinski definition) is 2. The summed E-state index contributed by atoms with van der Waals surface area (Å²) < 4.78 is 9.88. The Morgan fingerprint density at radius 3 is 2.14 bits per heavy atom. The average Bonchev–Trinajstić information content (AvgIpc) is 2.64. The highest BCUT2D eigenvalue weighted by Gasteiger charge is 2.13. The van der Waals surface area contributed by atoms with Crippen LogP contribution in [0.15, 0.2) is 0 Å². The van der Waals surface area contributed by atoms with Crippen LogP contribution in [-0.4, -0.2) is 89.3 Å². The molecular weight excluding hydrogens is 474 g/mol. The van der Waals surface area contributed by atoms with Gasteiger partial charge in [-0.3, -0.25) is 9.59 Å². The summed E-state index contributed by atoms with van der Waals surface area (Å²) in [5.74, 6) is 0.0121. The fourth-order valence-corrected chi connectivity index (χ4v) is 1.65. The lowest BCUT2D eigenvalue weighted by Crippen LogP contribution is -2.39. The van der Waals surface area contributed by atoms with Gasteiger partial charge >= 0.3 is 0 Å². The molecule has 0 saturated carbocycles. The van der Waals surface area contributed by atoms with Gasteiger partial charge in [-0.2, -0.15) is 0 Å². The number of ketones is 1. The summed E-state index contributed by atoms with van der Waals surface area (Å²) in [5, 5.41) is 11.2. The number of carbonyl (C=O) groups is 2. The molecule has 28 heavy (non-hydrogen) atoms. The highest BCUT2D eigenvalue weighted by Crippen LogP contribution is 2.00. The molecule has 7 nitrogen and oxygen atoms in total. The number of ether oxygens (including phenoxy) is 2. The Balaban J connectivity index is -0.000000118. The normalized spacial score (nSPS) is 9.21. The van der Waals surface area contributed by atoms with E-state index in [0.29, 0.717) is 52.1 Å². The van der Waals surface area contributed by atoms with Crippen LogP contribution in [0.2, 0.25) is 6.32 Å². The predicted octanol–water partition coefficient (Wildman–Crippen LogP) is 2.30. The third-order valence-electron chi connectivity index (χ3n) is 2.80. The molecule has 0 aromatic carbocycles. The first kappa shape index (κ1) is 35.2. The van der Waals surface area contributed by atoms with Crippen LogP contribution in [0, 0.1) is 0 Å². The van der Waals surface area contributed by atoms with Gasteiger partial charge in [-0.1, -0.05) is 33.0 Å². The molecule has 0 saturated heterocycles. The molecule has 0 fully saturated rings. The quantitative estimate of drug-likeness (QED) is 0.209. The molecule has 0 heterocycles. The number of aliphatic hydroxyl groups excluding tert-OH is 1. The van der Waals surface area contributed by atoms with E-state index in [1.165, 1.54) is 13.3 Å². The van der Waals surface area contributed by atoms with Crippen LogP contribution in [0.25, 0.3) is 0 Å². The van der Waals surface area contributed by atoms with Crippen molar-refractivity contribution in [3.63, 3.8) is 0 Å². The van der Waals surface area contributed by atoms with Crippen LogP contribution in [0.3, 0.4) is 0 Å². The second-order valence-electron chi connectivity index (χ2n) is 5.75. The van der Waals surface area contributed by atoms with Crippen molar-refractivity contribution in [3.05, 3.63) is 0 Å². The van der Waals surface area contributed by atoms with Crippen LogP contribution < -0.4 is 5.32 Å². The van der Waals surface area contributed by atoms with Gasteiger partial charge in [0.25, 0.3) is 0 Å². The lowest BCUT2D eigenvalue weighted by molar-refractivity contribution is -0.134.